The van der Waals surface area contributed by atoms with Gasteiger partial charge < -0.3 is 0 Å². The lowest BCUT2D eigenvalue weighted by molar-refractivity contribution is 0.568. The first kappa shape index (κ1) is 5.87. The predicted octanol–water partition coefficient (Wildman–Crippen LogP) is 2.75. The van der Waals surface area contributed by atoms with Gasteiger partial charge in [0, 0.05) is 0 Å². The third-order valence-corrected chi connectivity index (χ3v) is 1.80. The van der Waals surface area contributed by atoms with Gasteiger partial charge >= 0.3 is 0 Å². The molecule has 0 saturated carbocycles. The lowest BCUT2D eigenvalue weighted by Gasteiger charge is -2.13. The summed E-state index contributed by atoms with van der Waals surface area (Å²) in [5.74, 6) is 0.851. The molecule has 1 aliphatic carbocycles. The molecule has 0 spiro atoms. The first-order chi connectivity index (χ1) is 3.79. The van der Waals surface area contributed by atoms with E-state index >= 15 is 0 Å². The summed E-state index contributed by atoms with van der Waals surface area (Å²) in [6.07, 6.45) is 6.54. The van der Waals surface area contributed by atoms with E-state index in [2.05, 4.69) is 19.9 Å². The highest BCUT2D eigenvalue weighted by Gasteiger charge is 2.04. The normalized spacial score (nSPS) is 29.8. The molecule has 0 nitrogen and oxygen atoms in total. The van der Waals surface area contributed by atoms with Crippen LogP contribution >= 0.6 is 0 Å². The van der Waals surface area contributed by atoms with Gasteiger partial charge in [-0.2, -0.15) is 0 Å². The van der Waals surface area contributed by atoms with E-state index in [1.165, 1.54) is 19.3 Å². The van der Waals surface area contributed by atoms with Crippen LogP contribution in [-0.2, 0) is 0 Å². The molecule has 0 aliphatic heterocycles. The predicted molar refractivity (Wildman–Crippen MR) is 36.8 cm³/mol. The highest BCUT2D eigenvalue weighted by atomic mass is 14.1. The van der Waals surface area contributed by atoms with Crippen molar-refractivity contribution in [2.24, 2.45) is 5.92 Å². The fraction of sp³-hybridized carbons (Fsp3) is 0.750. The van der Waals surface area contributed by atoms with Crippen LogP contribution in [-0.4, -0.2) is 0 Å². The van der Waals surface area contributed by atoms with Crippen molar-refractivity contribution in [2.45, 2.75) is 33.1 Å². The standard InChI is InChI=1S/C8H14/c1-7-4-3-5-8(2)6-7/h6-7H,3-5H2,1-2H3. The summed E-state index contributed by atoms with van der Waals surface area (Å²) in [5.41, 5.74) is 1.59. The lowest BCUT2D eigenvalue weighted by atomic mass is 9.93. The Morgan fingerprint density at radius 1 is 1.62 bits per heavy atom. The molecular weight excluding hydrogens is 96.1 g/mol. The Balaban J connectivity index is 2.50. The Morgan fingerprint density at radius 2 is 2.38 bits per heavy atom. The summed E-state index contributed by atoms with van der Waals surface area (Å²) < 4.78 is 0. The molecule has 1 aliphatic rings. The van der Waals surface area contributed by atoms with E-state index in [1.54, 1.807) is 5.57 Å². The van der Waals surface area contributed by atoms with Crippen molar-refractivity contribution in [2.75, 3.05) is 0 Å². The van der Waals surface area contributed by atoms with Crippen molar-refractivity contribution in [1.82, 2.24) is 0 Å². The molecular formula is C8H14. The Labute approximate surface area is 51.6 Å². The highest BCUT2D eigenvalue weighted by molar-refractivity contribution is 5.03. The number of rotatable bonds is 0. The Morgan fingerprint density at radius 3 is 2.75 bits per heavy atom. The van der Waals surface area contributed by atoms with Crippen molar-refractivity contribution in [3.8, 4) is 0 Å². The second kappa shape index (κ2) is 2.34. The minimum atomic E-state index is 0.851. The first-order valence-electron chi connectivity index (χ1n) is 3.46. The van der Waals surface area contributed by atoms with E-state index in [4.69, 9.17) is 0 Å². The van der Waals surface area contributed by atoms with Crippen molar-refractivity contribution >= 4 is 0 Å². The molecule has 0 N–H and O–H groups in total. The lowest BCUT2D eigenvalue weighted by Crippen LogP contribution is -1.97. The summed E-state index contributed by atoms with van der Waals surface area (Å²) in [7, 11) is 0. The van der Waals surface area contributed by atoms with Gasteiger partial charge in [-0.1, -0.05) is 18.6 Å². The van der Waals surface area contributed by atoms with E-state index in [1.807, 2.05) is 0 Å². The molecule has 46 valence electrons. The Kier molecular flexibility index (Phi) is 1.72. The van der Waals surface area contributed by atoms with E-state index in [0.717, 1.165) is 5.92 Å². The minimum absolute atomic E-state index is 0.851. The maximum absolute atomic E-state index is 2.39. The maximum atomic E-state index is 2.39. The summed E-state index contributed by atoms with van der Waals surface area (Å²) in [6.45, 7) is 4.53. The molecule has 0 amide bonds. The molecule has 1 unspecified atom stereocenters. The average Bonchev–Trinajstić information content (AvgIpc) is 1.64. The Bertz CT molecular complexity index is 101. The SMILES string of the molecule is CC1=CC(C)CCC1. The van der Waals surface area contributed by atoms with Crippen molar-refractivity contribution < 1.29 is 0 Å². The van der Waals surface area contributed by atoms with Crippen molar-refractivity contribution in [1.29, 1.82) is 0 Å². The molecule has 0 aromatic heterocycles. The van der Waals surface area contributed by atoms with Crippen LogP contribution in [0.25, 0.3) is 0 Å². The van der Waals surface area contributed by atoms with Gasteiger partial charge in [0.2, 0.25) is 0 Å². The van der Waals surface area contributed by atoms with Crippen LogP contribution in [0.2, 0.25) is 0 Å². The molecule has 0 aromatic carbocycles. The van der Waals surface area contributed by atoms with Gasteiger partial charge in [0.05, 0.1) is 0 Å². The molecule has 0 bridgehead atoms. The molecule has 0 fully saturated rings. The summed E-state index contributed by atoms with van der Waals surface area (Å²) >= 11 is 0. The molecule has 0 heterocycles. The Hall–Kier alpha value is -0.260. The zero-order chi connectivity index (χ0) is 5.98. The topological polar surface area (TPSA) is 0 Å². The van der Waals surface area contributed by atoms with Crippen molar-refractivity contribution in [3.05, 3.63) is 11.6 Å². The van der Waals surface area contributed by atoms with Crippen molar-refractivity contribution in [3.63, 3.8) is 0 Å². The van der Waals surface area contributed by atoms with Gasteiger partial charge in [-0.05, 0) is 32.1 Å². The van der Waals surface area contributed by atoms with Gasteiger partial charge in [-0.25, -0.2) is 0 Å². The highest BCUT2D eigenvalue weighted by Crippen LogP contribution is 2.20. The first-order valence-corrected chi connectivity index (χ1v) is 3.46. The quantitative estimate of drug-likeness (QED) is 0.420. The van der Waals surface area contributed by atoms with E-state index < -0.39 is 0 Å². The number of hydrogen-bond donors (Lipinski definition) is 0. The molecule has 0 saturated heterocycles. The largest absolute Gasteiger partial charge is 0.0828 e. The monoisotopic (exact) mass is 110 g/mol. The van der Waals surface area contributed by atoms with Crippen LogP contribution in [0.1, 0.15) is 33.1 Å². The van der Waals surface area contributed by atoms with Crippen LogP contribution in [0.3, 0.4) is 0 Å². The minimum Gasteiger partial charge on any atom is -0.0828 e. The van der Waals surface area contributed by atoms with Crippen LogP contribution in [0, 0.1) is 5.92 Å². The summed E-state index contributed by atoms with van der Waals surface area (Å²) in [4.78, 5) is 0. The second-order valence-electron chi connectivity index (χ2n) is 2.88. The number of hydrogen-bond acceptors (Lipinski definition) is 0. The van der Waals surface area contributed by atoms with Crippen LogP contribution in [0.15, 0.2) is 11.6 Å². The summed E-state index contributed by atoms with van der Waals surface area (Å²) in [6, 6.07) is 0. The molecule has 1 atom stereocenters. The maximum Gasteiger partial charge on any atom is -0.0259 e. The molecule has 0 radical (unpaired) electrons. The second-order valence-corrected chi connectivity index (χ2v) is 2.88. The van der Waals surface area contributed by atoms with E-state index in [-0.39, 0.29) is 0 Å². The van der Waals surface area contributed by atoms with E-state index in [0.29, 0.717) is 0 Å². The van der Waals surface area contributed by atoms with Crippen LogP contribution in [0.4, 0.5) is 0 Å². The molecule has 1 rings (SSSR count). The fourth-order valence-electron chi connectivity index (χ4n) is 1.36. The zero-order valence-electron chi connectivity index (χ0n) is 5.78. The van der Waals surface area contributed by atoms with Gasteiger partial charge in [-0.3, -0.25) is 0 Å². The number of allylic oxidation sites excluding steroid dienone is 2. The average molecular weight is 110 g/mol. The van der Waals surface area contributed by atoms with Crippen LogP contribution < -0.4 is 0 Å². The molecule has 0 aromatic rings. The van der Waals surface area contributed by atoms with Gasteiger partial charge in [-0.15, -0.1) is 0 Å². The van der Waals surface area contributed by atoms with Crippen LogP contribution in [0.5, 0.6) is 0 Å². The summed E-state index contributed by atoms with van der Waals surface area (Å²) in [5, 5.41) is 0. The zero-order valence-corrected chi connectivity index (χ0v) is 5.78. The third-order valence-electron chi connectivity index (χ3n) is 1.80. The fourth-order valence-corrected chi connectivity index (χ4v) is 1.36. The molecule has 8 heavy (non-hydrogen) atoms. The van der Waals surface area contributed by atoms with E-state index in [9.17, 15) is 0 Å². The van der Waals surface area contributed by atoms with Gasteiger partial charge in [0.15, 0.2) is 0 Å². The third kappa shape index (κ3) is 1.36. The molecule has 0 heteroatoms. The van der Waals surface area contributed by atoms with Gasteiger partial charge in [0.1, 0.15) is 0 Å². The smallest absolute Gasteiger partial charge is 0.0259 e. The van der Waals surface area contributed by atoms with Gasteiger partial charge in [0.25, 0.3) is 0 Å².